The molecule has 7 nitrogen and oxygen atoms in total. The van der Waals surface area contributed by atoms with Gasteiger partial charge in [0.05, 0.1) is 7.92 Å². The smallest absolute Gasteiger partial charge is 0.251 e. The molecule has 0 aliphatic heterocycles. The summed E-state index contributed by atoms with van der Waals surface area (Å²) in [5.41, 5.74) is 0.941. The van der Waals surface area contributed by atoms with Crippen LogP contribution in [0.3, 0.4) is 0 Å². The molecule has 0 radical (unpaired) electrons. The SMILES string of the molecule is [2H]C(CNC(=O)c1ccc(NC(C)=O)cc1)ON=O. The molecule has 1 atom stereocenters. The van der Waals surface area contributed by atoms with Gasteiger partial charge in [0, 0.05) is 18.2 Å². The summed E-state index contributed by atoms with van der Waals surface area (Å²) in [5.74, 6) is -0.617. The van der Waals surface area contributed by atoms with Gasteiger partial charge in [0.25, 0.3) is 5.91 Å². The molecule has 0 aliphatic rings. The predicted molar refractivity (Wildman–Crippen MR) is 64.8 cm³/mol. The Morgan fingerprint density at radius 2 is 2.06 bits per heavy atom. The molecule has 0 saturated heterocycles. The lowest BCUT2D eigenvalue weighted by molar-refractivity contribution is -0.114. The second-order valence-corrected chi connectivity index (χ2v) is 3.32. The maximum atomic E-state index is 11.6. The Morgan fingerprint density at radius 3 is 2.61 bits per heavy atom. The van der Waals surface area contributed by atoms with E-state index in [1.54, 1.807) is 12.1 Å². The molecule has 1 rings (SSSR count). The van der Waals surface area contributed by atoms with Crippen molar-refractivity contribution in [2.45, 2.75) is 6.92 Å². The number of nitrogens with zero attached hydrogens (tertiary/aromatic N) is 1. The number of nitrogens with one attached hydrogen (secondary N) is 2. The molecular weight excluding hydrogens is 238 g/mol. The molecule has 0 fully saturated rings. The zero-order valence-corrected chi connectivity index (χ0v) is 9.67. The van der Waals surface area contributed by atoms with Crippen LogP contribution >= 0.6 is 0 Å². The van der Waals surface area contributed by atoms with Crippen molar-refractivity contribution in [3.63, 3.8) is 0 Å². The van der Waals surface area contributed by atoms with Crippen LogP contribution in [0.1, 0.15) is 18.7 Å². The Hall–Kier alpha value is -2.44. The van der Waals surface area contributed by atoms with E-state index < -0.39 is 12.5 Å². The van der Waals surface area contributed by atoms with Gasteiger partial charge in [0.2, 0.25) is 5.91 Å². The van der Waals surface area contributed by atoms with E-state index >= 15 is 0 Å². The first-order valence-corrected chi connectivity index (χ1v) is 5.09. The van der Waals surface area contributed by atoms with Crippen LogP contribution in [-0.4, -0.2) is 24.9 Å². The maximum Gasteiger partial charge on any atom is 0.251 e. The number of carbonyl (C=O) groups excluding carboxylic acids is 2. The van der Waals surface area contributed by atoms with E-state index in [1.165, 1.54) is 19.1 Å². The molecule has 1 unspecified atom stereocenters. The first kappa shape index (κ1) is 12.0. The van der Waals surface area contributed by atoms with Gasteiger partial charge in [-0.05, 0) is 24.3 Å². The van der Waals surface area contributed by atoms with Gasteiger partial charge in [0.1, 0.15) is 6.58 Å². The second-order valence-electron chi connectivity index (χ2n) is 3.32. The van der Waals surface area contributed by atoms with Crippen molar-refractivity contribution in [2.24, 2.45) is 5.34 Å². The zero-order chi connectivity index (χ0) is 14.3. The van der Waals surface area contributed by atoms with Gasteiger partial charge >= 0.3 is 0 Å². The first-order valence-electron chi connectivity index (χ1n) is 5.67. The van der Waals surface area contributed by atoms with Crippen molar-refractivity contribution in [3.8, 4) is 0 Å². The van der Waals surface area contributed by atoms with E-state index in [4.69, 9.17) is 1.37 Å². The standard InChI is InChI=1S/C11H13N3O4/c1-8(15)13-10-4-2-9(3-5-10)11(16)12-6-7-18-14-17/h2-5H,6-7H2,1H3,(H,12,16)(H,13,15)/i7D. The van der Waals surface area contributed by atoms with Crippen molar-refractivity contribution in [2.75, 3.05) is 18.4 Å². The van der Waals surface area contributed by atoms with Crippen LogP contribution < -0.4 is 10.6 Å². The summed E-state index contributed by atoms with van der Waals surface area (Å²) >= 11 is 0. The average molecular weight is 252 g/mol. The highest BCUT2D eigenvalue weighted by Crippen LogP contribution is 2.09. The summed E-state index contributed by atoms with van der Waals surface area (Å²) in [7, 11) is 0. The van der Waals surface area contributed by atoms with Gasteiger partial charge in [-0.2, -0.15) is 0 Å². The number of rotatable bonds is 6. The second kappa shape index (κ2) is 7.00. The summed E-state index contributed by atoms with van der Waals surface area (Å²) < 4.78 is 7.16. The Balaban J connectivity index is 2.53. The molecule has 0 heterocycles. The normalized spacial score (nSPS) is 11.9. The Bertz CT molecular complexity index is 464. The van der Waals surface area contributed by atoms with Crippen LogP contribution in [0.5, 0.6) is 0 Å². The van der Waals surface area contributed by atoms with E-state index in [-0.39, 0.29) is 12.5 Å². The lowest BCUT2D eigenvalue weighted by atomic mass is 10.2. The van der Waals surface area contributed by atoms with Gasteiger partial charge in [-0.3, -0.25) is 9.59 Å². The lowest BCUT2D eigenvalue weighted by Gasteiger charge is -2.05. The highest BCUT2D eigenvalue weighted by molar-refractivity contribution is 5.95. The molecule has 1 aromatic carbocycles. The number of hydrogen-bond donors (Lipinski definition) is 2. The van der Waals surface area contributed by atoms with Crippen LogP contribution in [0.2, 0.25) is 0 Å². The van der Waals surface area contributed by atoms with Crippen LogP contribution in [0.15, 0.2) is 29.6 Å². The van der Waals surface area contributed by atoms with Gasteiger partial charge in [-0.1, -0.05) is 0 Å². The highest BCUT2D eigenvalue weighted by Gasteiger charge is 2.04. The summed E-state index contributed by atoms with van der Waals surface area (Å²) in [6, 6.07) is 6.21. The van der Waals surface area contributed by atoms with Crippen molar-refractivity contribution < 1.29 is 15.8 Å². The molecular formula is C11H13N3O4. The summed E-state index contributed by atoms with van der Waals surface area (Å²) in [6.07, 6.45) is 0. The van der Waals surface area contributed by atoms with E-state index in [0.717, 1.165) is 0 Å². The Morgan fingerprint density at radius 1 is 1.39 bits per heavy atom. The van der Waals surface area contributed by atoms with Crippen molar-refractivity contribution in [1.82, 2.24) is 5.32 Å². The molecule has 2 N–H and O–H groups in total. The molecule has 18 heavy (non-hydrogen) atoms. The van der Waals surface area contributed by atoms with E-state index in [9.17, 15) is 14.5 Å². The van der Waals surface area contributed by atoms with Gasteiger partial charge in [-0.15, -0.1) is 4.91 Å². The van der Waals surface area contributed by atoms with Crippen molar-refractivity contribution in [1.29, 1.82) is 0 Å². The average Bonchev–Trinajstić information content (AvgIpc) is 2.36. The third-order valence-electron chi connectivity index (χ3n) is 1.93. The first-order chi connectivity index (χ1) is 9.02. The van der Waals surface area contributed by atoms with Gasteiger partial charge < -0.3 is 15.5 Å². The predicted octanol–water partition coefficient (Wildman–Crippen LogP) is 1.07. The molecule has 96 valence electrons. The fourth-order valence-electron chi connectivity index (χ4n) is 1.21. The minimum atomic E-state index is -1.24. The molecule has 0 aromatic heterocycles. The zero-order valence-electron chi connectivity index (χ0n) is 10.7. The van der Waals surface area contributed by atoms with Crippen molar-refractivity contribution >= 4 is 17.5 Å². The summed E-state index contributed by atoms with van der Waals surface area (Å²) in [6.45, 7) is -0.00576. The molecule has 0 aliphatic carbocycles. The minimum Gasteiger partial charge on any atom is -0.362 e. The van der Waals surface area contributed by atoms with Crippen LogP contribution in [0.25, 0.3) is 0 Å². The number of benzene rings is 1. The Kier molecular flexibility index (Phi) is 4.68. The van der Waals surface area contributed by atoms with Gasteiger partial charge in [-0.25, -0.2) is 0 Å². The largest absolute Gasteiger partial charge is 0.362 e. The van der Waals surface area contributed by atoms with Crippen LogP contribution in [-0.2, 0) is 9.63 Å². The topological polar surface area (TPSA) is 96.9 Å². The fourth-order valence-corrected chi connectivity index (χ4v) is 1.21. The number of carbonyl (C=O) groups is 2. The van der Waals surface area contributed by atoms with Crippen molar-refractivity contribution in [3.05, 3.63) is 34.7 Å². The number of hydrogen-bond acceptors (Lipinski definition) is 5. The lowest BCUT2D eigenvalue weighted by Crippen LogP contribution is -2.26. The van der Waals surface area contributed by atoms with E-state index in [0.29, 0.717) is 11.3 Å². The van der Waals surface area contributed by atoms with Gasteiger partial charge in [0.15, 0.2) is 5.34 Å². The third-order valence-corrected chi connectivity index (χ3v) is 1.93. The molecule has 2 amide bonds. The Labute approximate surface area is 105 Å². The third kappa shape index (κ3) is 4.60. The summed E-state index contributed by atoms with van der Waals surface area (Å²) in [5, 5.41) is 7.07. The van der Waals surface area contributed by atoms with E-state index in [2.05, 4.69) is 20.8 Å². The molecule has 0 bridgehead atoms. The molecule has 7 heteroatoms. The number of amides is 2. The maximum absolute atomic E-state index is 11.6. The molecule has 0 spiro atoms. The number of anilines is 1. The highest BCUT2D eigenvalue weighted by atomic mass is 16.7. The van der Waals surface area contributed by atoms with E-state index in [1.807, 2.05) is 0 Å². The minimum absolute atomic E-state index is 0.155. The fraction of sp³-hybridized carbons (Fsp3) is 0.273. The van der Waals surface area contributed by atoms with Crippen LogP contribution in [0.4, 0.5) is 5.69 Å². The quantitative estimate of drug-likeness (QED) is 0.584. The summed E-state index contributed by atoms with van der Waals surface area (Å²) in [4.78, 5) is 36.2. The molecule has 1 aromatic rings. The van der Waals surface area contributed by atoms with Crippen LogP contribution in [0, 0.1) is 4.91 Å². The monoisotopic (exact) mass is 252 g/mol. The molecule has 0 saturated carbocycles.